The van der Waals surface area contributed by atoms with Gasteiger partial charge in [0, 0.05) is 25.1 Å². The zero-order valence-corrected chi connectivity index (χ0v) is 12.3. The number of nitrogens with one attached hydrogen (secondary N) is 2. The van der Waals surface area contributed by atoms with Gasteiger partial charge in [-0.2, -0.15) is 0 Å². The third-order valence-electron chi connectivity index (χ3n) is 2.74. The summed E-state index contributed by atoms with van der Waals surface area (Å²) in [4.78, 5) is 9.09. The topological polar surface area (TPSA) is 49.8 Å². The highest BCUT2D eigenvalue weighted by Gasteiger charge is 2.18. The SMILES string of the molecule is CCCCCNc1cc(NC)nc(C(C)(C)C)n1. The molecule has 0 spiro atoms. The fraction of sp³-hybridized carbons (Fsp3) is 0.714. The molecule has 0 aromatic carbocycles. The van der Waals surface area contributed by atoms with Gasteiger partial charge in [0.1, 0.15) is 17.5 Å². The van der Waals surface area contributed by atoms with Crippen molar-refractivity contribution in [1.29, 1.82) is 0 Å². The van der Waals surface area contributed by atoms with Gasteiger partial charge in [-0.05, 0) is 6.42 Å². The highest BCUT2D eigenvalue weighted by molar-refractivity contribution is 5.47. The molecular weight excluding hydrogens is 224 g/mol. The number of hydrogen-bond donors (Lipinski definition) is 2. The lowest BCUT2D eigenvalue weighted by Gasteiger charge is -2.18. The van der Waals surface area contributed by atoms with Crippen LogP contribution in [0.4, 0.5) is 11.6 Å². The highest BCUT2D eigenvalue weighted by atomic mass is 15.1. The van der Waals surface area contributed by atoms with Crippen molar-refractivity contribution in [3.05, 3.63) is 11.9 Å². The largest absolute Gasteiger partial charge is 0.373 e. The molecule has 1 aromatic rings. The average Bonchev–Trinajstić information content (AvgIpc) is 2.33. The molecule has 102 valence electrons. The predicted octanol–water partition coefficient (Wildman–Crippen LogP) is 3.42. The minimum Gasteiger partial charge on any atom is -0.373 e. The first-order valence-electron chi connectivity index (χ1n) is 6.78. The van der Waals surface area contributed by atoms with Crippen molar-refractivity contribution < 1.29 is 0 Å². The van der Waals surface area contributed by atoms with Gasteiger partial charge in [0.15, 0.2) is 0 Å². The Labute approximate surface area is 111 Å². The van der Waals surface area contributed by atoms with Gasteiger partial charge < -0.3 is 10.6 Å². The third kappa shape index (κ3) is 4.51. The molecule has 2 N–H and O–H groups in total. The van der Waals surface area contributed by atoms with Gasteiger partial charge in [-0.25, -0.2) is 9.97 Å². The Morgan fingerprint density at radius 2 is 1.78 bits per heavy atom. The van der Waals surface area contributed by atoms with Crippen LogP contribution in [-0.2, 0) is 5.41 Å². The van der Waals surface area contributed by atoms with Crippen LogP contribution in [0.25, 0.3) is 0 Å². The van der Waals surface area contributed by atoms with Crippen molar-refractivity contribution in [3.63, 3.8) is 0 Å². The molecule has 0 saturated heterocycles. The molecule has 0 radical (unpaired) electrons. The fourth-order valence-corrected chi connectivity index (χ4v) is 1.59. The maximum atomic E-state index is 4.59. The molecule has 0 fully saturated rings. The first-order valence-corrected chi connectivity index (χ1v) is 6.78. The van der Waals surface area contributed by atoms with Gasteiger partial charge in [0.25, 0.3) is 0 Å². The van der Waals surface area contributed by atoms with Crippen LogP contribution >= 0.6 is 0 Å². The summed E-state index contributed by atoms with van der Waals surface area (Å²) in [6.45, 7) is 9.56. The number of nitrogens with zero attached hydrogens (tertiary/aromatic N) is 2. The molecule has 0 amide bonds. The predicted molar refractivity (Wildman–Crippen MR) is 78.3 cm³/mol. The highest BCUT2D eigenvalue weighted by Crippen LogP contribution is 2.22. The van der Waals surface area contributed by atoms with Crippen LogP contribution in [0.1, 0.15) is 52.8 Å². The van der Waals surface area contributed by atoms with E-state index in [0.29, 0.717) is 0 Å². The van der Waals surface area contributed by atoms with Crippen LogP contribution in [0.5, 0.6) is 0 Å². The van der Waals surface area contributed by atoms with Crippen LogP contribution in [0, 0.1) is 0 Å². The molecule has 18 heavy (non-hydrogen) atoms. The van der Waals surface area contributed by atoms with E-state index in [1.807, 2.05) is 13.1 Å². The zero-order valence-electron chi connectivity index (χ0n) is 12.3. The minimum atomic E-state index is -0.0350. The summed E-state index contributed by atoms with van der Waals surface area (Å²) in [7, 11) is 1.88. The van der Waals surface area contributed by atoms with Crippen LogP contribution < -0.4 is 10.6 Å². The van der Waals surface area contributed by atoms with Crippen molar-refractivity contribution >= 4 is 11.6 Å². The van der Waals surface area contributed by atoms with E-state index in [1.54, 1.807) is 0 Å². The molecule has 0 unspecified atom stereocenters. The Bertz CT molecular complexity index is 369. The van der Waals surface area contributed by atoms with Gasteiger partial charge in [-0.15, -0.1) is 0 Å². The Morgan fingerprint density at radius 1 is 1.11 bits per heavy atom. The smallest absolute Gasteiger partial charge is 0.138 e. The van der Waals surface area contributed by atoms with Crippen LogP contribution in [0.2, 0.25) is 0 Å². The van der Waals surface area contributed by atoms with E-state index in [9.17, 15) is 0 Å². The van der Waals surface area contributed by atoms with Crippen molar-refractivity contribution in [2.75, 3.05) is 24.2 Å². The van der Waals surface area contributed by atoms with Crippen LogP contribution in [-0.4, -0.2) is 23.6 Å². The molecule has 4 nitrogen and oxygen atoms in total. The number of rotatable bonds is 6. The van der Waals surface area contributed by atoms with Crippen molar-refractivity contribution in [2.45, 2.75) is 52.4 Å². The summed E-state index contributed by atoms with van der Waals surface area (Å²) in [5, 5.41) is 6.47. The molecule has 1 aromatic heterocycles. The molecule has 0 aliphatic carbocycles. The molecule has 0 aliphatic heterocycles. The molecule has 1 rings (SSSR count). The van der Waals surface area contributed by atoms with Crippen LogP contribution in [0.15, 0.2) is 6.07 Å². The second-order valence-electron chi connectivity index (χ2n) is 5.60. The second kappa shape index (κ2) is 6.57. The van der Waals surface area contributed by atoms with Gasteiger partial charge in [-0.1, -0.05) is 40.5 Å². The van der Waals surface area contributed by atoms with E-state index in [2.05, 4.69) is 48.3 Å². The molecule has 0 bridgehead atoms. The standard InChI is InChI=1S/C14H26N4/c1-6-7-8-9-16-12-10-11(15-5)17-13(18-12)14(2,3)4/h10H,6-9H2,1-5H3,(H2,15,16,17,18). The van der Waals surface area contributed by atoms with Crippen molar-refractivity contribution in [2.24, 2.45) is 0 Å². The van der Waals surface area contributed by atoms with Gasteiger partial charge in [-0.3, -0.25) is 0 Å². The Kier molecular flexibility index (Phi) is 5.38. The molecule has 0 aliphatic rings. The Balaban J connectivity index is 2.78. The Hall–Kier alpha value is -1.32. The van der Waals surface area contributed by atoms with Crippen molar-refractivity contribution in [3.8, 4) is 0 Å². The summed E-state index contributed by atoms with van der Waals surface area (Å²) in [6, 6.07) is 1.96. The number of anilines is 2. The van der Waals surface area contributed by atoms with Crippen molar-refractivity contribution in [1.82, 2.24) is 9.97 Å². The lowest BCUT2D eigenvalue weighted by molar-refractivity contribution is 0.546. The monoisotopic (exact) mass is 250 g/mol. The number of aromatic nitrogens is 2. The number of hydrogen-bond acceptors (Lipinski definition) is 4. The number of unbranched alkanes of at least 4 members (excludes halogenated alkanes) is 2. The third-order valence-corrected chi connectivity index (χ3v) is 2.74. The first kappa shape index (κ1) is 14.7. The zero-order chi connectivity index (χ0) is 13.6. The maximum Gasteiger partial charge on any atom is 0.138 e. The molecule has 1 heterocycles. The van der Waals surface area contributed by atoms with E-state index < -0.39 is 0 Å². The normalized spacial score (nSPS) is 11.4. The summed E-state index contributed by atoms with van der Waals surface area (Å²) in [5.41, 5.74) is -0.0350. The quantitative estimate of drug-likeness (QED) is 0.760. The lowest BCUT2D eigenvalue weighted by atomic mass is 9.96. The molecule has 0 saturated carbocycles. The summed E-state index contributed by atoms with van der Waals surface area (Å²) < 4.78 is 0. The summed E-state index contributed by atoms with van der Waals surface area (Å²) >= 11 is 0. The molecule has 0 atom stereocenters. The van der Waals surface area contributed by atoms with E-state index >= 15 is 0 Å². The van der Waals surface area contributed by atoms with Gasteiger partial charge in [0.05, 0.1) is 0 Å². The van der Waals surface area contributed by atoms with Crippen LogP contribution in [0.3, 0.4) is 0 Å². The molecule has 4 heteroatoms. The van der Waals surface area contributed by atoms with E-state index in [4.69, 9.17) is 0 Å². The maximum absolute atomic E-state index is 4.59. The summed E-state index contributed by atoms with van der Waals surface area (Å²) in [6.07, 6.45) is 3.67. The molecular formula is C14H26N4. The fourth-order valence-electron chi connectivity index (χ4n) is 1.59. The average molecular weight is 250 g/mol. The minimum absolute atomic E-state index is 0.0350. The van der Waals surface area contributed by atoms with E-state index in [1.165, 1.54) is 19.3 Å². The first-order chi connectivity index (χ1) is 8.47. The van der Waals surface area contributed by atoms with E-state index in [0.717, 1.165) is 24.0 Å². The lowest BCUT2D eigenvalue weighted by Crippen LogP contribution is -2.18. The van der Waals surface area contributed by atoms with E-state index in [-0.39, 0.29) is 5.41 Å². The van der Waals surface area contributed by atoms with Gasteiger partial charge in [0.2, 0.25) is 0 Å². The van der Waals surface area contributed by atoms with Gasteiger partial charge >= 0.3 is 0 Å². The summed E-state index contributed by atoms with van der Waals surface area (Å²) in [5.74, 6) is 2.65. The Morgan fingerprint density at radius 3 is 2.33 bits per heavy atom. The second-order valence-corrected chi connectivity index (χ2v) is 5.60.